The molecule has 274 valence electrons. The number of nitrogens with one attached hydrogen (secondary N) is 1. The summed E-state index contributed by atoms with van der Waals surface area (Å²) in [4.78, 5) is 29.2. The number of carbonyl (C=O) groups excluding carboxylic acids is 1. The van der Waals surface area contributed by atoms with Gasteiger partial charge in [0.15, 0.2) is 12.4 Å². The van der Waals surface area contributed by atoms with Crippen molar-refractivity contribution in [2.75, 3.05) is 64.0 Å². The predicted octanol–water partition coefficient (Wildman–Crippen LogP) is 6.65. The van der Waals surface area contributed by atoms with E-state index in [0.29, 0.717) is 65.9 Å². The molecule has 6 heterocycles. The summed E-state index contributed by atoms with van der Waals surface area (Å²) in [6.45, 7) is 14.3. The maximum Gasteiger partial charge on any atom is 0.422 e. The Balaban J connectivity index is 1.26. The molecule has 1 atom stereocenters. The first-order valence-electron chi connectivity index (χ1n) is 18.2. The van der Waals surface area contributed by atoms with Crippen LogP contribution in [0.4, 0.5) is 19.0 Å². The van der Waals surface area contributed by atoms with Gasteiger partial charge in [0.2, 0.25) is 5.91 Å². The second kappa shape index (κ2) is 13.5. The van der Waals surface area contributed by atoms with Crippen molar-refractivity contribution in [3.05, 3.63) is 60.6 Å². The van der Waals surface area contributed by atoms with Gasteiger partial charge in [-0.1, -0.05) is 25.3 Å². The molecule has 4 aliphatic heterocycles. The van der Waals surface area contributed by atoms with E-state index < -0.39 is 12.8 Å². The van der Waals surface area contributed by atoms with E-state index in [2.05, 4.69) is 33.2 Å². The summed E-state index contributed by atoms with van der Waals surface area (Å²) in [5, 5.41) is 8.64. The highest BCUT2D eigenvalue weighted by atomic mass is 19.4. The van der Waals surface area contributed by atoms with Gasteiger partial charge in [0.25, 0.3) is 0 Å². The van der Waals surface area contributed by atoms with Gasteiger partial charge in [0, 0.05) is 66.5 Å². The van der Waals surface area contributed by atoms with Crippen molar-refractivity contribution in [2.45, 2.75) is 57.2 Å². The van der Waals surface area contributed by atoms with Crippen LogP contribution in [0.25, 0.3) is 39.0 Å². The third-order valence-corrected chi connectivity index (χ3v) is 11.6. The molecule has 4 fully saturated rings. The average Bonchev–Trinajstić information content (AvgIpc) is 3.85. The number of aryl methyl sites for hydroxylation is 1. The lowest BCUT2D eigenvalue weighted by molar-refractivity contribution is -0.153. The molecule has 1 unspecified atom stereocenters. The van der Waals surface area contributed by atoms with Crippen LogP contribution in [0.5, 0.6) is 5.75 Å². The topological polar surface area (TPSA) is 99.7 Å². The zero-order valence-corrected chi connectivity index (χ0v) is 29.5. The molecule has 1 N–H and O–H groups in total. The standard InChI is InChI=1S/C39H44F3N7O3/c1-4-25-18-28-34(35(52-23-39(40,41)42)33(25)32-24(3)6-7-30-29(32)19-43-46-30)44-36(26-8-13-47(14-9-26)27-10-17-51-20-27)45-37(28)48-15-11-38(12-16-48)21-49(22-38)31(50)5-2/h4-7,18-19,26-27H,1-2,8-17,20-23H2,3H3,(H,43,46). The summed E-state index contributed by atoms with van der Waals surface area (Å²) in [5.74, 6) is 1.37. The van der Waals surface area contributed by atoms with Crippen LogP contribution in [0.1, 0.15) is 55.0 Å². The molecule has 52 heavy (non-hydrogen) atoms. The van der Waals surface area contributed by atoms with Gasteiger partial charge in [-0.25, -0.2) is 9.97 Å². The van der Waals surface area contributed by atoms with E-state index in [1.165, 1.54) is 6.08 Å². The normalized spacial score (nSPS) is 21.2. The predicted molar refractivity (Wildman–Crippen MR) is 194 cm³/mol. The number of benzene rings is 2. The van der Waals surface area contributed by atoms with Gasteiger partial charge in [-0.3, -0.25) is 14.8 Å². The van der Waals surface area contributed by atoms with Crippen molar-refractivity contribution < 1.29 is 27.4 Å². The average molecular weight is 716 g/mol. The van der Waals surface area contributed by atoms with E-state index in [1.807, 2.05) is 30.0 Å². The number of hydrogen-bond acceptors (Lipinski definition) is 8. The Bertz CT molecular complexity index is 2020. The Labute approximate surface area is 300 Å². The first-order valence-corrected chi connectivity index (χ1v) is 18.2. The van der Waals surface area contributed by atoms with E-state index in [4.69, 9.17) is 19.4 Å². The van der Waals surface area contributed by atoms with Crippen LogP contribution >= 0.6 is 0 Å². The van der Waals surface area contributed by atoms with Crippen molar-refractivity contribution in [3.8, 4) is 16.9 Å². The number of halogens is 3. The quantitative estimate of drug-likeness (QED) is 0.203. The lowest BCUT2D eigenvalue weighted by atomic mass is 9.72. The molecular weight excluding hydrogens is 671 g/mol. The van der Waals surface area contributed by atoms with Gasteiger partial charge in [0.05, 0.1) is 18.3 Å². The first-order chi connectivity index (χ1) is 25.1. The Morgan fingerprint density at radius 1 is 1.08 bits per heavy atom. The first kappa shape index (κ1) is 34.6. The summed E-state index contributed by atoms with van der Waals surface area (Å²) < 4.78 is 53.6. The third kappa shape index (κ3) is 6.31. The molecule has 4 aliphatic rings. The lowest BCUT2D eigenvalue weighted by Crippen LogP contribution is -2.61. The molecule has 4 aromatic rings. The number of nitrogens with zero attached hydrogens (tertiary/aromatic N) is 6. The number of ether oxygens (including phenoxy) is 2. The number of hydrogen-bond donors (Lipinski definition) is 1. The van der Waals surface area contributed by atoms with E-state index in [9.17, 15) is 18.0 Å². The number of piperidine rings is 2. The number of aromatic nitrogens is 4. The Morgan fingerprint density at radius 3 is 2.52 bits per heavy atom. The summed E-state index contributed by atoms with van der Waals surface area (Å²) in [6, 6.07) is 6.20. The molecule has 1 amide bonds. The van der Waals surface area contributed by atoms with Crippen LogP contribution in [0.15, 0.2) is 43.6 Å². The number of fused-ring (bicyclic) bond motifs is 2. The number of anilines is 1. The minimum absolute atomic E-state index is 0.0278. The Morgan fingerprint density at radius 2 is 1.85 bits per heavy atom. The van der Waals surface area contributed by atoms with E-state index >= 15 is 0 Å². The van der Waals surface area contributed by atoms with Crippen LogP contribution in [0, 0.1) is 12.3 Å². The zero-order valence-electron chi connectivity index (χ0n) is 29.5. The summed E-state index contributed by atoms with van der Waals surface area (Å²) in [5.41, 5.74) is 3.86. The van der Waals surface area contributed by atoms with Crippen LogP contribution in [0.3, 0.4) is 0 Å². The van der Waals surface area contributed by atoms with Gasteiger partial charge in [0.1, 0.15) is 17.2 Å². The summed E-state index contributed by atoms with van der Waals surface area (Å²) in [6.07, 6.45) is 4.56. The Hall–Kier alpha value is -4.49. The fraction of sp³-hybridized carbons (Fsp3) is 0.487. The number of carbonyl (C=O) groups is 1. The largest absolute Gasteiger partial charge is 0.481 e. The van der Waals surface area contributed by atoms with Gasteiger partial charge in [-0.2, -0.15) is 18.3 Å². The molecule has 0 radical (unpaired) electrons. The highest BCUT2D eigenvalue weighted by Gasteiger charge is 2.46. The molecular formula is C39H44F3N7O3. The molecule has 4 saturated heterocycles. The number of amides is 1. The minimum Gasteiger partial charge on any atom is -0.481 e. The summed E-state index contributed by atoms with van der Waals surface area (Å²) in [7, 11) is 0. The number of alkyl halides is 3. The zero-order chi connectivity index (χ0) is 36.2. The van der Waals surface area contributed by atoms with Crippen LogP contribution in [-0.2, 0) is 9.53 Å². The molecule has 0 bridgehead atoms. The van der Waals surface area contributed by atoms with E-state index in [0.717, 1.165) is 80.4 Å². The van der Waals surface area contributed by atoms with E-state index in [1.54, 1.807) is 12.3 Å². The maximum absolute atomic E-state index is 14.0. The smallest absolute Gasteiger partial charge is 0.422 e. The lowest BCUT2D eigenvalue weighted by Gasteiger charge is -2.54. The molecule has 1 spiro atoms. The maximum atomic E-state index is 14.0. The second-order valence-corrected chi connectivity index (χ2v) is 14.9. The third-order valence-electron chi connectivity index (χ3n) is 11.6. The summed E-state index contributed by atoms with van der Waals surface area (Å²) >= 11 is 0. The molecule has 0 aliphatic carbocycles. The molecule has 2 aromatic heterocycles. The van der Waals surface area contributed by atoms with Gasteiger partial charge in [-0.15, -0.1) is 0 Å². The molecule has 2 aromatic carbocycles. The van der Waals surface area contributed by atoms with Crippen molar-refractivity contribution in [1.82, 2.24) is 30.0 Å². The van der Waals surface area contributed by atoms with E-state index in [-0.39, 0.29) is 23.0 Å². The van der Waals surface area contributed by atoms with Gasteiger partial charge < -0.3 is 19.3 Å². The Kier molecular flexibility index (Phi) is 8.97. The number of likely N-dealkylation sites (tertiary alicyclic amines) is 2. The molecule has 0 saturated carbocycles. The number of aromatic amines is 1. The van der Waals surface area contributed by atoms with Gasteiger partial charge in [-0.05, 0) is 87.0 Å². The molecule has 8 rings (SSSR count). The number of H-pyrrole nitrogens is 1. The van der Waals surface area contributed by atoms with Crippen LogP contribution in [-0.4, -0.2) is 107 Å². The SMILES string of the molecule is C=CC(=O)N1CC2(CCN(c3nc(C4CCN(C5CCOC5)CC4)nc4c(OCC(F)(F)F)c(-c5c(C)ccc6[nH]ncc56)c(C=C)cc34)CC2)C1. The van der Waals surface area contributed by atoms with Crippen molar-refractivity contribution >= 4 is 39.6 Å². The minimum atomic E-state index is -4.58. The van der Waals surface area contributed by atoms with Crippen molar-refractivity contribution in [2.24, 2.45) is 5.41 Å². The second-order valence-electron chi connectivity index (χ2n) is 14.9. The fourth-order valence-electron chi connectivity index (χ4n) is 8.74. The highest BCUT2D eigenvalue weighted by Crippen LogP contribution is 2.48. The fourth-order valence-corrected chi connectivity index (χ4v) is 8.74. The number of rotatable bonds is 8. The highest BCUT2D eigenvalue weighted by molar-refractivity contribution is 6.07. The molecule has 13 heteroatoms. The molecule has 10 nitrogen and oxygen atoms in total. The van der Waals surface area contributed by atoms with Crippen molar-refractivity contribution in [1.29, 1.82) is 0 Å². The van der Waals surface area contributed by atoms with Crippen molar-refractivity contribution in [3.63, 3.8) is 0 Å². The van der Waals surface area contributed by atoms with Crippen LogP contribution < -0.4 is 9.64 Å². The monoisotopic (exact) mass is 715 g/mol. The van der Waals surface area contributed by atoms with Crippen LogP contribution in [0.2, 0.25) is 0 Å². The van der Waals surface area contributed by atoms with Gasteiger partial charge >= 0.3 is 6.18 Å².